The third kappa shape index (κ3) is 62.2. The number of hydrogen-bond donors (Lipinski definition) is 0. The summed E-state index contributed by atoms with van der Waals surface area (Å²) in [6, 6.07) is 0. The molecule has 0 spiro atoms. The van der Waals surface area contributed by atoms with E-state index in [0.717, 1.165) is 70.6 Å². The molecular weight excluding hydrogens is 937 g/mol. The van der Waals surface area contributed by atoms with Crippen LogP contribution in [0.1, 0.15) is 361 Å². The molecule has 0 aromatic carbocycles. The molecule has 1 atom stereocenters. The minimum atomic E-state index is -0.769. The Hall–Kier alpha value is -2.63. The van der Waals surface area contributed by atoms with E-state index in [4.69, 9.17) is 14.2 Å². The number of ether oxygens (including phenoxy) is 3. The molecule has 0 aromatic heterocycles. The van der Waals surface area contributed by atoms with Crippen LogP contribution in [0.4, 0.5) is 0 Å². The largest absolute Gasteiger partial charge is 0.462 e. The number of carbonyl (C=O) groups is 3. The molecule has 0 aliphatic carbocycles. The van der Waals surface area contributed by atoms with Gasteiger partial charge in [-0.25, -0.2) is 0 Å². The Kier molecular flexibility index (Phi) is 62.6. The highest BCUT2D eigenvalue weighted by atomic mass is 16.6. The quantitative estimate of drug-likeness (QED) is 0.0261. The highest BCUT2D eigenvalue weighted by Crippen LogP contribution is 2.17. The smallest absolute Gasteiger partial charge is 0.306 e. The summed E-state index contributed by atoms with van der Waals surface area (Å²) in [7, 11) is 0. The third-order valence-corrected chi connectivity index (χ3v) is 15.1. The maximum Gasteiger partial charge on any atom is 0.306 e. The van der Waals surface area contributed by atoms with Gasteiger partial charge in [0, 0.05) is 19.3 Å². The number of unbranched alkanes of at least 4 members (excludes halogenated alkanes) is 43. The minimum Gasteiger partial charge on any atom is -0.462 e. The van der Waals surface area contributed by atoms with Crippen LogP contribution in [0.2, 0.25) is 0 Å². The molecule has 444 valence electrons. The predicted octanol–water partition coefficient (Wildman–Crippen LogP) is 22.9. The van der Waals surface area contributed by atoms with E-state index in [1.807, 2.05) is 0 Å². The normalized spacial score (nSPS) is 12.3. The first-order chi connectivity index (χ1) is 37.5. The summed E-state index contributed by atoms with van der Waals surface area (Å²) in [5, 5.41) is 0. The molecular formula is C70H128O6. The summed E-state index contributed by atoms with van der Waals surface area (Å²) >= 11 is 0. The molecule has 6 nitrogen and oxygen atoms in total. The number of carbonyl (C=O) groups excluding carboxylic acids is 3. The summed E-state index contributed by atoms with van der Waals surface area (Å²) in [4.78, 5) is 38.1. The van der Waals surface area contributed by atoms with E-state index in [-0.39, 0.29) is 31.1 Å². The van der Waals surface area contributed by atoms with Gasteiger partial charge in [0.1, 0.15) is 13.2 Å². The van der Waals surface area contributed by atoms with Gasteiger partial charge in [-0.3, -0.25) is 14.4 Å². The number of allylic oxidation sites excluding steroid dienone is 8. The molecule has 0 heterocycles. The van der Waals surface area contributed by atoms with Gasteiger partial charge in [-0.1, -0.05) is 307 Å². The Labute approximate surface area is 473 Å². The number of esters is 3. The van der Waals surface area contributed by atoms with Crippen LogP contribution in [0.25, 0.3) is 0 Å². The second kappa shape index (κ2) is 64.9. The maximum absolute atomic E-state index is 12.9. The lowest BCUT2D eigenvalue weighted by molar-refractivity contribution is -0.167. The summed E-state index contributed by atoms with van der Waals surface area (Å²) in [5.74, 6) is -0.860. The van der Waals surface area contributed by atoms with Gasteiger partial charge in [-0.15, -0.1) is 0 Å². The highest BCUT2D eigenvalue weighted by Gasteiger charge is 2.19. The molecule has 0 rings (SSSR count). The van der Waals surface area contributed by atoms with Crippen molar-refractivity contribution in [1.29, 1.82) is 0 Å². The molecule has 0 amide bonds. The van der Waals surface area contributed by atoms with E-state index in [0.29, 0.717) is 19.3 Å². The second-order valence-electron chi connectivity index (χ2n) is 22.7. The first-order valence-corrected chi connectivity index (χ1v) is 33.6. The fourth-order valence-corrected chi connectivity index (χ4v) is 9.98. The van der Waals surface area contributed by atoms with Crippen LogP contribution >= 0.6 is 0 Å². The Morgan fingerprint density at radius 2 is 0.474 bits per heavy atom. The molecule has 0 saturated heterocycles. The van der Waals surface area contributed by atoms with E-state index in [2.05, 4.69) is 69.4 Å². The highest BCUT2D eigenvalue weighted by molar-refractivity contribution is 5.71. The summed E-state index contributed by atoms with van der Waals surface area (Å²) < 4.78 is 16.8. The van der Waals surface area contributed by atoms with Crippen molar-refractivity contribution in [2.75, 3.05) is 13.2 Å². The van der Waals surface area contributed by atoms with Gasteiger partial charge in [0.25, 0.3) is 0 Å². The Morgan fingerprint density at radius 3 is 0.724 bits per heavy atom. The van der Waals surface area contributed by atoms with Crippen LogP contribution in [-0.4, -0.2) is 37.2 Å². The summed E-state index contributed by atoms with van der Waals surface area (Å²) in [6.07, 6.45) is 81.7. The standard InChI is InChI=1S/C70H128O6/c1-4-7-10-13-16-18-20-22-24-26-28-30-32-34-35-37-38-40-42-44-46-48-50-52-54-57-60-63-69(72)75-66-67(65-74-68(71)62-59-56-15-12-9-6-3)76-70(73)64-61-58-55-53-51-49-47-45-43-41-39-36-33-31-29-27-25-23-21-19-17-14-11-8-5-2/h20-23,26-29,67H,4-19,24-25,30-66H2,1-3H3/b22-20-,23-21-,28-26-,29-27-. The topological polar surface area (TPSA) is 78.9 Å². The zero-order valence-electron chi connectivity index (χ0n) is 51.0. The van der Waals surface area contributed by atoms with Gasteiger partial charge in [-0.2, -0.15) is 0 Å². The van der Waals surface area contributed by atoms with Crippen LogP contribution in [0.15, 0.2) is 48.6 Å². The van der Waals surface area contributed by atoms with Gasteiger partial charge in [-0.05, 0) is 83.5 Å². The van der Waals surface area contributed by atoms with Crippen LogP contribution in [0.3, 0.4) is 0 Å². The first-order valence-electron chi connectivity index (χ1n) is 33.6. The van der Waals surface area contributed by atoms with Crippen LogP contribution in [-0.2, 0) is 28.6 Å². The van der Waals surface area contributed by atoms with Gasteiger partial charge < -0.3 is 14.2 Å². The summed E-state index contributed by atoms with van der Waals surface area (Å²) in [6.45, 7) is 6.61. The van der Waals surface area contributed by atoms with E-state index in [1.165, 1.54) is 250 Å². The van der Waals surface area contributed by atoms with Gasteiger partial charge in [0.05, 0.1) is 0 Å². The Morgan fingerprint density at radius 1 is 0.263 bits per heavy atom. The molecule has 0 bridgehead atoms. The molecule has 6 heteroatoms. The molecule has 76 heavy (non-hydrogen) atoms. The van der Waals surface area contributed by atoms with Crippen molar-refractivity contribution in [3.63, 3.8) is 0 Å². The zero-order chi connectivity index (χ0) is 55.0. The first kappa shape index (κ1) is 73.4. The Bertz CT molecular complexity index is 1310. The van der Waals surface area contributed by atoms with Gasteiger partial charge in [0.15, 0.2) is 6.10 Å². The number of rotatable bonds is 62. The SMILES string of the molecule is CCCCCCC/C=C\C/C=C\CCCCCCCCCCCCCCCCCC(=O)OCC(COC(=O)CCCCCCCC)OC(=O)CCCCCCCCCCCCCCC/C=C\C/C=C\CCCCCCC. The van der Waals surface area contributed by atoms with Crippen molar-refractivity contribution in [2.45, 2.75) is 367 Å². The van der Waals surface area contributed by atoms with E-state index in [1.54, 1.807) is 0 Å². The lowest BCUT2D eigenvalue weighted by atomic mass is 10.0. The van der Waals surface area contributed by atoms with E-state index in [9.17, 15) is 14.4 Å². The van der Waals surface area contributed by atoms with Crippen LogP contribution < -0.4 is 0 Å². The second-order valence-corrected chi connectivity index (χ2v) is 22.7. The summed E-state index contributed by atoms with van der Waals surface area (Å²) in [5.41, 5.74) is 0. The zero-order valence-corrected chi connectivity index (χ0v) is 51.0. The lowest BCUT2D eigenvalue weighted by Gasteiger charge is -2.18. The lowest BCUT2D eigenvalue weighted by Crippen LogP contribution is -2.30. The molecule has 0 radical (unpaired) electrons. The average molecular weight is 1070 g/mol. The molecule has 0 saturated carbocycles. The van der Waals surface area contributed by atoms with Gasteiger partial charge in [0.2, 0.25) is 0 Å². The average Bonchev–Trinajstić information content (AvgIpc) is 3.42. The number of hydrogen-bond acceptors (Lipinski definition) is 6. The van der Waals surface area contributed by atoms with E-state index >= 15 is 0 Å². The molecule has 0 aliphatic heterocycles. The molecule has 1 unspecified atom stereocenters. The van der Waals surface area contributed by atoms with Crippen molar-refractivity contribution in [1.82, 2.24) is 0 Å². The third-order valence-electron chi connectivity index (χ3n) is 15.1. The monoisotopic (exact) mass is 1060 g/mol. The van der Waals surface area contributed by atoms with Crippen molar-refractivity contribution >= 4 is 17.9 Å². The van der Waals surface area contributed by atoms with Crippen LogP contribution in [0, 0.1) is 0 Å². The molecule has 0 fully saturated rings. The fraction of sp³-hybridized carbons (Fsp3) is 0.843. The van der Waals surface area contributed by atoms with E-state index < -0.39 is 6.10 Å². The van der Waals surface area contributed by atoms with Crippen molar-refractivity contribution < 1.29 is 28.6 Å². The van der Waals surface area contributed by atoms with Crippen molar-refractivity contribution in [3.05, 3.63) is 48.6 Å². The fourth-order valence-electron chi connectivity index (χ4n) is 9.98. The predicted molar refractivity (Wildman–Crippen MR) is 330 cm³/mol. The Balaban J connectivity index is 4.02. The molecule has 0 N–H and O–H groups in total. The molecule has 0 aromatic rings. The maximum atomic E-state index is 12.9. The van der Waals surface area contributed by atoms with Gasteiger partial charge >= 0.3 is 17.9 Å². The minimum absolute atomic E-state index is 0.0697. The van der Waals surface area contributed by atoms with Crippen LogP contribution in [0.5, 0.6) is 0 Å². The van der Waals surface area contributed by atoms with Crippen molar-refractivity contribution in [2.24, 2.45) is 0 Å². The molecule has 0 aliphatic rings. The van der Waals surface area contributed by atoms with Crippen molar-refractivity contribution in [3.8, 4) is 0 Å².